The summed E-state index contributed by atoms with van der Waals surface area (Å²) in [5.41, 5.74) is 1.10. The van der Waals surface area contributed by atoms with Gasteiger partial charge in [0.25, 0.3) is 0 Å². The highest BCUT2D eigenvalue weighted by Gasteiger charge is 2.24. The third-order valence-corrected chi connectivity index (χ3v) is 5.88. The number of nitrogens with zero attached hydrogens (tertiary/aromatic N) is 2. The monoisotopic (exact) mass is 330 g/mol. The number of amides is 1. The highest BCUT2D eigenvalue weighted by molar-refractivity contribution is 7.18. The van der Waals surface area contributed by atoms with Crippen LogP contribution in [0.25, 0.3) is 10.2 Å². The molecule has 1 saturated heterocycles. The molecule has 0 aliphatic carbocycles. The van der Waals surface area contributed by atoms with E-state index in [1.165, 1.54) is 29.0 Å². The third-order valence-electron chi connectivity index (χ3n) is 4.79. The number of hydrogen-bond donors (Lipinski definition) is 0. The van der Waals surface area contributed by atoms with Gasteiger partial charge in [-0.1, -0.05) is 19.1 Å². The Bertz CT molecular complexity index is 619. The molecule has 1 fully saturated rings. The molecule has 0 spiro atoms. The van der Waals surface area contributed by atoms with Crippen molar-refractivity contribution in [2.75, 3.05) is 6.54 Å². The summed E-state index contributed by atoms with van der Waals surface area (Å²) in [7, 11) is 0. The lowest BCUT2D eigenvalue weighted by Gasteiger charge is -2.35. The Kier molecular flexibility index (Phi) is 5.65. The van der Waals surface area contributed by atoms with Crippen LogP contribution in [0.4, 0.5) is 0 Å². The van der Waals surface area contributed by atoms with Gasteiger partial charge in [0.05, 0.1) is 15.2 Å². The zero-order chi connectivity index (χ0) is 16.1. The number of para-hydroxylation sites is 1. The molecule has 4 heteroatoms. The number of aryl methyl sites for hydroxylation is 1. The first-order valence-corrected chi connectivity index (χ1v) is 9.73. The Balaban J connectivity index is 1.44. The first-order chi connectivity index (χ1) is 11.3. The van der Waals surface area contributed by atoms with E-state index in [1.54, 1.807) is 11.3 Å². The average Bonchev–Trinajstić information content (AvgIpc) is 3.01. The Labute approximate surface area is 142 Å². The number of piperidine rings is 1. The smallest absolute Gasteiger partial charge is 0.222 e. The molecule has 23 heavy (non-hydrogen) atoms. The van der Waals surface area contributed by atoms with Crippen LogP contribution < -0.4 is 0 Å². The SMILES string of the molecule is CCC1CCCCN1C(=O)CCCCc1nc2ccccc2s1. The maximum Gasteiger partial charge on any atom is 0.222 e. The van der Waals surface area contributed by atoms with E-state index in [-0.39, 0.29) is 0 Å². The van der Waals surface area contributed by atoms with E-state index in [4.69, 9.17) is 0 Å². The largest absolute Gasteiger partial charge is 0.340 e. The van der Waals surface area contributed by atoms with Gasteiger partial charge in [-0.05, 0) is 57.1 Å². The van der Waals surface area contributed by atoms with Crippen molar-refractivity contribution < 1.29 is 4.79 Å². The Morgan fingerprint density at radius 1 is 1.30 bits per heavy atom. The first-order valence-electron chi connectivity index (χ1n) is 8.92. The summed E-state index contributed by atoms with van der Waals surface area (Å²) in [6.45, 7) is 3.17. The second kappa shape index (κ2) is 7.91. The molecule has 1 aliphatic heterocycles. The summed E-state index contributed by atoms with van der Waals surface area (Å²) >= 11 is 1.78. The van der Waals surface area contributed by atoms with Gasteiger partial charge in [0.1, 0.15) is 0 Å². The maximum atomic E-state index is 12.4. The van der Waals surface area contributed by atoms with E-state index in [9.17, 15) is 4.79 Å². The van der Waals surface area contributed by atoms with Crippen LogP contribution in [0.3, 0.4) is 0 Å². The van der Waals surface area contributed by atoms with Crippen molar-refractivity contribution in [3.05, 3.63) is 29.3 Å². The fourth-order valence-corrected chi connectivity index (χ4v) is 4.49. The number of benzene rings is 1. The average molecular weight is 330 g/mol. The lowest BCUT2D eigenvalue weighted by atomic mass is 9.99. The van der Waals surface area contributed by atoms with Crippen LogP contribution >= 0.6 is 11.3 Å². The molecule has 0 saturated carbocycles. The van der Waals surface area contributed by atoms with Gasteiger partial charge in [-0.25, -0.2) is 4.98 Å². The second-order valence-corrected chi connectivity index (χ2v) is 7.54. The third kappa shape index (κ3) is 4.11. The van der Waals surface area contributed by atoms with Crippen LogP contribution in [0.5, 0.6) is 0 Å². The summed E-state index contributed by atoms with van der Waals surface area (Å²) < 4.78 is 1.26. The van der Waals surface area contributed by atoms with Crippen LogP contribution in [0.15, 0.2) is 24.3 Å². The van der Waals surface area contributed by atoms with Crippen LogP contribution in [0, 0.1) is 0 Å². The molecule has 1 aliphatic rings. The van der Waals surface area contributed by atoms with Crippen molar-refractivity contribution in [2.45, 2.75) is 64.3 Å². The molecular formula is C19H26N2OS. The van der Waals surface area contributed by atoms with E-state index in [0.717, 1.165) is 37.7 Å². The number of likely N-dealkylation sites (tertiary alicyclic amines) is 1. The summed E-state index contributed by atoms with van der Waals surface area (Å²) in [6, 6.07) is 8.78. The van der Waals surface area contributed by atoms with Gasteiger partial charge in [-0.2, -0.15) is 0 Å². The molecule has 1 unspecified atom stereocenters. The molecule has 1 aromatic carbocycles. The van der Waals surface area contributed by atoms with Crippen LogP contribution in [-0.4, -0.2) is 28.4 Å². The predicted octanol–water partition coefficient (Wildman–Crippen LogP) is 4.80. The van der Waals surface area contributed by atoms with E-state index in [1.807, 2.05) is 6.07 Å². The van der Waals surface area contributed by atoms with Crippen molar-refractivity contribution in [1.29, 1.82) is 0 Å². The summed E-state index contributed by atoms with van der Waals surface area (Å²) in [4.78, 5) is 19.2. The highest BCUT2D eigenvalue weighted by Crippen LogP contribution is 2.24. The fraction of sp³-hybridized carbons (Fsp3) is 0.579. The van der Waals surface area contributed by atoms with E-state index in [2.05, 4.69) is 35.0 Å². The number of unbranched alkanes of at least 4 members (excludes halogenated alkanes) is 1. The van der Waals surface area contributed by atoms with Gasteiger partial charge in [0.2, 0.25) is 5.91 Å². The summed E-state index contributed by atoms with van der Waals surface area (Å²) in [6.07, 6.45) is 8.45. The van der Waals surface area contributed by atoms with E-state index in [0.29, 0.717) is 18.4 Å². The Morgan fingerprint density at radius 2 is 2.17 bits per heavy atom. The lowest BCUT2D eigenvalue weighted by molar-refractivity contribution is -0.135. The van der Waals surface area contributed by atoms with Crippen molar-refractivity contribution in [2.24, 2.45) is 0 Å². The van der Waals surface area contributed by atoms with E-state index >= 15 is 0 Å². The number of aromatic nitrogens is 1. The normalized spacial score (nSPS) is 18.5. The first kappa shape index (κ1) is 16.4. The zero-order valence-corrected chi connectivity index (χ0v) is 14.8. The molecule has 124 valence electrons. The molecule has 1 atom stereocenters. The number of carbonyl (C=O) groups is 1. The van der Waals surface area contributed by atoms with Gasteiger partial charge in [-0.15, -0.1) is 11.3 Å². The van der Waals surface area contributed by atoms with Gasteiger partial charge >= 0.3 is 0 Å². The Hall–Kier alpha value is -1.42. The lowest BCUT2D eigenvalue weighted by Crippen LogP contribution is -2.43. The van der Waals surface area contributed by atoms with Crippen LogP contribution in [0.1, 0.15) is 56.9 Å². The highest BCUT2D eigenvalue weighted by atomic mass is 32.1. The predicted molar refractivity (Wildman–Crippen MR) is 96.8 cm³/mol. The van der Waals surface area contributed by atoms with Crippen molar-refractivity contribution in [3.8, 4) is 0 Å². The van der Waals surface area contributed by atoms with Crippen molar-refractivity contribution in [3.63, 3.8) is 0 Å². The molecule has 3 nitrogen and oxygen atoms in total. The van der Waals surface area contributed by atoms with Crippen LogP contribution in [0.2, 0.25) is 0 Å². The molecule has 2 heterocycles. The second-order valence-electron chi connectivity index (χ2n) is 6.43. The van der Waals surface area contributed by atoms with E-state index < -0.39 is 0 Å². The number of fused-ring (bicyclic) bond motifs is 1. The quantitative estimate of drug-likeness (QED) is 0.713. The molecule has 3 rings (SSSR count). The van der Waals surface area contributed by atoms with Gasteiger partial charge < -0.3 is 4.90 Å². The Morgan fingerprint density at radius 3 is 3.00 bits per heavy atom. The number of hydrogen-bond acceptors (Lipinski definition) is 3. The zero-order valence-electron chi connectivity index (χ0n) is 14.0. The van der Waals surface area contributed by atoms with Crippen molar-refractivity contribution >= 4 is 27.5 Å². The topological polar surface area (TPSA) is 33.2 Å². The molecular weight excluding hydrogens is 304 g/mol. The van der Waals surface area contributed by atoms with Gasteiger partial charge in [0.15, 0.2) is 0 Å². The fourth-order valence-electron chi connectivity index (χ4n) is 3.48. The molecule has 0 N–H and O–H groups in total. The molecule has 0 bridgehead atoms. The number of carbonyl (C=O) groups excluding carboxylic acids is 1. The number of thiazole rings is 1. The summed E-state index contributed by atoms with van der Waals surface area (Å²) in [5, 5.41) is 1.20. The van der Waals surface area contributed by atoms with Gasteiger partial charge in [-0.3, -0.25) is 4.79 Å². The van der Waals surface area contributed by atoms with Crippen molar-refractivity contribution in [1.82, 2.24) is 9.88 Å². The summed E-state index contributed by atoms with van der Waals surface area (Å²) in [5.74, 6) is 0.362. The van der Waals surface area contributed by atoms with Gasteiger partial charge in [0, 0.05) is 19.0 Å². The minimum Gasteiger partial charge on any atom is -0.340 e. The van der Waals surface area contributed by atoms with Crippen LogP contribution in [-0.2, 0) is 11.2 Å². The molecule has 2 aromatic rings. The number of rotatable bonds is 6. The standard InChI is InChI=1S/C19H26N2OS/c1-2-15-9-7-8-14-21(15)19(22)13-6-5-12-18-20-16-10-3-4-11-17(16)23-18/h3-4,10-11,15H,2,5-9,12-14H2,1H3. The maximum absolute atomic E-state index is 12.4. The molecule has 0 radical (unpaired) electrons. The minimum absolute atomic E-state index is 0.362. The minimum atomic E-state index is 0.362. The molecule has 1 amide bonds. The molecule has 1 aromatic heterocycles.